The molecular weight excluding hydrogens is 238 g/mol. The van der Waals surface area contributed by atoms with Crippen molar-refractivity contribution in [2.24, 2.45) is 0 Å². The number of nitrogens with zero attached hydrogens (tertiary/aromatic N) is 3. The van der Waals surface area contributed by atoms with Crippen LogP contribution in [0.3, 0.4) is 0 Å². The average molecular weight is 245 g/mol. The maximum absolute atomic E-state index is 11.7. The second-order valence-corrected chi connectivity index (χ2v) is 4.15. The number of aromatic nitrogens is 2. The quantitative estimate of drug-likeness (QED) is 0.758. The molecule has 0 fully saturated rings. The summed E-state index contributed by atoms with van der Waals surface area (Å²) in [6, 6.07) is 4.61. The van der Waals surface area contributed by atoms with Gasteiger partial charge in [-0.25, -0.2) is 4.98 Å². The highest BCUT2D eigenvalue weighted by Gasteiger charge is 2.10. The Kier molecular flexibility index (Phi) is 3.12. The molecule has 2 heterocycles. The van der Waals surface area contributed by atoms with Gasteiger partial charge in [0.05, 0.1) is 12.1 Å². The molecule has 0 saturated heterocycles. The Balaban J connectivity index is 2.28. The number of hydrogen-bond acceptors (Lipinski definition) is 5. The Morgan fingerprint density at radius 1 is 1.53 bits per heavy atom. The highest BCUT2D eigenvalue weighted by molar-refractivity contribution is 7.11. The molecule has 0 spiro atoms. The Hall–Kier alpha value is -2.26. The van der Waals surface area contributed by atoms with E-state index in [4.69, 9.17) is 5.26 Å². The Bertz CT molecular complexity index is 637. The summed E-state index contributed by atoms with van der Waals surface area (Å²) in [5.41, 5.74) is 0.0328. The molecule has 0 N–H and O–H groups in total. The van der Waals surface area contributed by atoms with Crippen molar-refractivity contribution in [2.75, 3.05) is 0 Å². The molecule has 2 aromatic rings. The molecule has 2 rings (SSSR count). The summed E-state index contributed by atoms with van der Waals surface area (Å²) in [6.45, 7) is -0.0954. The second kappa shape index (κ2) is 4.72. The molecule has 0 bridgehead atoms. The molecule has 0 unspecified atom stereocenters. The smallest absolute Gasteiger partial charge is 0.251 e. The van der Waals surface area contributed by atoms with Gasteiger partial charge in [0.15, 0.2) is 5.01 Å². The zero-order valence-electron chi connectivity index (χ0n) is 8.66. The molecule has 0 aliphatic heterocycles. The molecule has 6 heteroatoms. The van der Waals surface area contributed by atoms with Crippen LogP contribution in [0.25, 0.3) is 0 Å². The lowest BCUT2D eigenvalue weighted by Crippen LogP contribution is -2.23. The fourth-order valence-corrected chi connectivity index (χ4v) is 1.87. The van der Waals surface area contributed by atoms with Crippen LogP contribution in [0.15, 0.2) is 34.7 Å². The number of thiazole rings is 1. The van der Waals surface area contributed by atoms with Crippen molar-refractivity contribution in [1.82, 2.24) is 9.55 Å². The largest absolute Gasteiger partial charge is 0.306 e. The van der Waals surface area contributed by atoms with E-state index in [0.717, 1.165) is 0 Å². The van der Waals surface area contributed by atoms with E-state index >= 15 is 0 Å². The highest BCUT2D eigenvalue weighted by atomic mass is 32.1. The minimum absolute atomic E-state index is 0.0954. The molecule has 0 radical (unpaired) electrons. The average Bonchev–Trinajstić information content (AvgIpc) is 2.85. The fourth-order valence-electron chi connectivity index (χ4n) is 1.30. The molecule has 2 aromatic heterocycles. The van der Waals surface area contributed by atoms with Gasteiger partial charge in [-0.3, -0.25) is 9.59 Å². The van der Waals surface area contributed by atoms with Crippen LogP contribution < -0.4 is 5.56 Å². The molecule has 5 nitrogen and oxygen atoms in total. The van der Waals surface area contributed by atoms with Gasteiger partial charge in [-0.2, -0.15) is 5.26 Å². The number of rotatable bonds is 3. The predicted octanol–water partition coefficient (Wildman–Crippen LogP) is 1.06. The number of hydrogen-bond donors (Lipinski definition) is 0. The summed E-state index contributed by atoms with van der Waals surface area (Å²) >= 11 is 1.23. The molecule has 0 saturated carbocycles. The van der Waals surface area contributed by atoms with Gasteiger partial charge >= 0.3 is 0 Å². The van der Waals surface area contributed by atoms with Gasteiger partial charge in [0, 0.05) is 23.8 Å². The predicted molar refractivity (Wildman–Crippen MR) is 61.9 cm³/mol. The lowest BCUT2D eigenvalue weighted by atomic mass is 10.3. The van der Waals surface area contributed by atoms with Crippen molar-refractivity contribution < 1.29 is 4.79 Å². The second-order valence-electron chi connectivity index (χ2n) is 3.26. The molecule has 0 amide bonds. The van der Waals surface area contributed by atoms with E-state index < -0.39 is 0 Å². The topological polar surface area (TPSA) is 75.8 Å². The van der Waals surface area contributed by atoms with E-state index in [-0.39, 0.29) is 17.9 Å². The molecule has 0 atom stereocenters. The molecular formula is C11H7N3O2S. The number of ketones is 1. The lowest BCUT2D eigenvalue weighted by molar-refractivity contribution is 0.0970. The van der Waals surface area contributed by atoms with E-state index in [0.29, 0.717) is 10.6 Å². The van der Waals surface area contributed by atoms with Crippen LogP contribution in [-0.4, -0.2) is 15.3 Å². The molecule has 17 heavy (non-hydrogen) atoms. The molecule has 0 aliphatic carbocycles. The van der Waals surface area contributed by atoms with Gasteiger partial charge in [0.25, 0.3) is 5.56 Å². The van der Waals surface area contributed by atoms with Gasteiger partial charge in [0.1, 0.15) is 6.07 Å². The third-order valence-electron chi connectivity index (χ3n) is 2.10. The van der Waals surface area contributed by atoms with Gasteiger partial charge in [0.2, 0.25) is 5.78 Å². The number of pyridine rings is 1. The van der Waals surface area contributed by atoms with Crippen molar-refractivity contribution in [3.63, 3.8) is 0 Å². The van der Waals surface area contributed by atoms with E-state index in [1.807, 2.05) is 6.07 Å². The maximum Gasteiger partial charge on any atom is 0.251 e. The monoisotopic (exact) mass is 245 g/mol. The summed E-state index contributed by atoms with van der Waals surface area (Å²) in [7, 11) is 0. The van der Waals surface area contributed by atoms with Crippen LogP contribution in [0, 0.1) is 11.3 Å². The lowest BCUT2D eigenvalue weighted by Gasteiger charge is -2.02. The Labute approximate surface area is 101 Å². The van der Waals surface area contributed by atoms with Crippen molar-refractivity contribution in [2.45, 2.75) is 6.54 Å². The fraction of sp³-hybridized carbons (Fsp3) is 0.0909. The van der Waals surface area contributed by atoms with E-state index in [1.54, 1.807) is 5.38 Å². The highest BCUT2D eigenvalue weighted by Crippen LogP contribution is 2.06. The van der Waals surface area contributed by atoms with Gasteiger partial charge in [-0.15, -0.1) is 11.3 Å². The summed E-state index contributed by atoms with van der Waals surface area (Å²) in [6.07, 6.45) is 2.90. The first kappa shape index (κ1) is 11.2. The van der Waals surface area contributed by atoms with E-state index in [9.17, 15) is 9.59 Å². The zero-order valence-corrected chi connectivity index (χ0v) is 9.48. The number of nitriles is 1. The Morgan fingerprint density at radius 3 is 3.00 bits per heavy atom. The molecule has 0 aliphatic rings. The minimum Gasteiger partial charge on any atom is -0.306 e. The van der Waals surface area contributed by atoms with Crippen LogP contribution in [-0.2, 0) is 6.54 Å². The van der Waals surface area contributed by atoms with Crippen LogP contribution in [0.5, 0.6) is 0 Å². The first-order valence-corrected chi connectivity index (χ1v) is 5.62. The van der Waals surface area contributed by atoms with E-state index in [2.05, 4.69) is 4.98 Å². The van der Waals surface area contributed by atoms with Crippen molar-refractivity contribution in [3.8, 4) is 6.07 Å². The summed E-state index contributed by atoms with van der Waals surface area (Å²) in [5.74, 6) is -0.239. The zero-order chi connectivity index (χ0) is 12.3. The molecule has 84 valence electrons. The summed E-state index contributed by atoms with van der Waals surface area (Å²) < 4.78 is 1.21. The van der Waals surface area contributed by atoms with Crippen LogP contribution >= 0.6 is 11.3 Å². The standard InChI is InChI=1S/C11H7N3O2S/c12-5-8-1-2-10(16)14(6-8)7-9(15)11-13-3-4-17-11/h1-4,6H,7H2. The first-order chi connectivity index (χ1) is 8.20. The maximum atomic E-state index is 11.7. The number of Topliss-reactive ketones (excluding diaryl/α,β-unsaturated/α-hetero) is 1. The summed E-state index contributed by atoms with van der Waals surface area (Å²) in [4.78, 5) is 27.1. The minimum atomic E-state index is -0.311. The van der Waals surface area contributed by atoms with Crippen LogP contribution in [0.1, 0.15) is 15.4 Å². The van der Waals surface area contributed by atoms with Crippen molar-refractivity contribution in [1.29, 1.82) is 5.26 Å². The number of carbonyl (C=O) groups excluding carboxylic acids is 1. The van der Waals surface area contributed by atoms with Gasteiger partial charge in [-0.05, 0) is 6.07 Å². The van der Waals surface area contributed by atoms with Crippen molar-refractivity contribution >= 4 is 17.1 Å². The van der Waals surface area contributed by atoms with Gasteiger partial charge < -0.3 is 4.57 Å². The van der Waals surface area contributed by atoms with Gasteiger partial charge in [-0.1, -0.05) is 0 Å². The van der Waals surface area contributed by atoms with Crippen LogP contribution in [0.2, 0.25) is 0 Å². The normalized spacial score (nSPS) is 9.82. The third-order valence-corrected chi connectivity index (χ3v) is 2.91. The molecule has 0 aromatic carbocycles. The van der Waals surface area contributed by atoms with Crippen molar-refractivity contribution in [3.05, 3.63) is 50.8 Å². The SMILES string of the molecule is N#Cc1ccc(=O)n(CC(=O)c2nccs2)c1. The third kappa shape index (κ3) is 2.46. The Morgan fingerprint density at radius 2 is 2.35 bits per heavy atom. The first-order valence-electron chi connectivity index (χ1n) is 4.74. The van der Waals surface area contributed by atoms with Crippen LogP contribution in [0.4, 0.5) is 0 Å². The summed E-state index contributed by atoms with van der Waals surface area (Å²) in [5, 5.41) is 10.8. The number of carbonyl (C=O) groups is 1. The van der Waals surface area contributed by atoms with E-state index in [1.165, 1.54) is 40.4 Å².